The second-order valence-electron chi connectivity index (χ2n) is 7.16. The molecule has 0 fully saturated rings. The number of pyridine rings is 1. The summed E-state index contributed by atoms with van der Waals surface area (Å²) in [4.78, 5) is 29.9. The number of para-hydroxylation sites is 1. The van der Waals surface area contributed by atoms with Crippen molar-refractivity contribution in [2.24, 2.45) is 0 Å². The van der Waals surface area contributed by atoms with E-state index in [1.165, 1.54) is 0 Å². The number of aromatic nitrogens is 1. The molecule has 0 saturated heterocycles. The van der Waals surface area contributed by atoms with E-state index in [1.54, 1.807) is 30.3 Å². The van der Waals surface area contributed by atoms with E-state index < -0.39 is 18.5 Å². The first-order chi connectivity index (χ1) is 15.4. The van der Waals surface area contributed by atoms with Crippen molar-refractivity contribution < 1.29 is 14.3 Å². The molecule has 160 valence electrons. The Kier molecular flexibility index (Phi) is 6.53. The largest absolute Gasteiger partial charge is 0.452 e. The number of rotatable bonds is 5. The molecule has 1 amide bonds. The standard InChI is InChI=1S/C25H18BrClN2O3/c1-15-6-11-18(27)12-22(15)29-24(30)14-32-25(31)20-13-23(16-7-9-17(26)10-8-16)28-21-5-3-2-4-19(20)21/h2-13H,14H2,1H3,(H,29,30). The van der Waals surface area contributed by atoms with Crippen molar-refractivity contribution >= 4 is 56.0 Å². The van der Waals surface area contributed by atoms with Gasteiger partial charge in [-0.05, 0) is 48.9 Å². The number of carbonyl (C=O) groups is 2. The topological polar surface area (TPSA) is 68.3 Å². The van der Waals surface area contributed by atoms with Gasteiger partial charge in [0, 0.05) is 26.1 Å². The number of hydrogen-bond donors (Lipinski definition) is 1. The van der Waals surface area contributed by atoms with Crippen LogP contribution in [0.1, 0.15) is 15.9 Å². The van der Waals surface area contributed by atoms with E-state index in [0.29, 0.717) is 32.9 Å². The van der Waals surface area contributed by atoms with Gasteiger partial charge in [-0.25, -0.2) is 9.78 Å². The highest BCUT2D eigenvalue weighted by molar-refractivity contribution is 9.10. The lowest BCUT2D eigenvalue weighted by atomic mass is 10.0. The van der Waals surface area contributed by atoms with Crippen molar-refractivity contribution in [3.63, 3.8) is 0 Å². The number of hydrogen-bond acceptors (Lipinski definition) is 4. The van der Waals surface area contributed by atoms with Crippen LogP contribution in [0.5, 0.6) is 0 Å². The number of ether oxygens (including phenoxy) is 1. The first kappa shape index (κ1) is 22.0. The van der Waals surface area contributed by atoms with Gasteiger partial charge in [0.15, 0.2) is 6.61 Å². The van der Waals surface area contributed by atoms with Gasteiger partial charge in [0.1, 0.15) is 0 Å². The van der Waals surface area contributed by atoms with Crippen molar-refractivity contribution in [1.82, 2.24) is 4.98 Å². The van der Waals surface area contributed by atoms with Crippen LogP contribution in [0.15, 0.2) is 77.3 Å². The first-order valence-electron chi connectivity index (χ1n) is 9.79. The lowest BCUT2D eigenvalue weighted by molar-refractivity contribution is -0.119. The molecular formula is C25H18BrClN2O3. The maximum atomic E-state index is 12.9. The second kappa shape index (κ2) is 9.51. The number of esters is 1. The molecule has 0 radical (unpaired) electrons. The molecule has 0 spiro atoms. The minimum Gasteiger partial charge on any atom is -0.452 e. The highest BCUT2D eigenvalue weighted by Crippen LogP contribution is 2.26. The fourth-order valence-electron chi connectivity index (χ4n) is 3.24. The van der Waals surface area contributed by atoms with Gasteiger partial charge in [-0.1, -0.05) is 63.9 Å². The summed E-state index contributed by atoms with van der Waals surface area (Å²) in [5, 5.41) is 3.88. The van der Waals surface area contributed by atoms with E-state index in [0.717, 1.165) is 15.6 Å². The number of halogens is 2. The summed E-state index contributed by atoms with van der Waals surface area (Å²) in [6.07, 6.45) is 0. The van der Waals surface area contributed by atoms with E-state index in [1.807, 2.05) is 49.4 Å². The van der Waals surface area contributed by atoms with Gasteiger partial charge in [-0.3, -0.25) is 4.79 Å². The zero-order valence-electron chi connectivity index (χ0n) is 17.1. The number of benzene rings is 3. The summed E-state index contributed by atoms with van der Waals surface area (Å²) in [6, 6.07) is 21.9. The number of nitrogens with one attached hydrogen (secondary N) is 1. The lowest BCUT2D eigenvalue weighted by Crippen LogP contribution is -2.21. The Morgan fingerprint density at radius 3 is 2.56 bits per heavy atom. The van der Waals surface area contributed by atoms with E-state index in [-0.39, 0.29) is 0 Å². The number of fused-ring (bicyclic) bond motifs is 1. The Hall–Kier alpha value is -3.22. The lowest BCUT2D eigenvalue weighted by Gasteiger charge is -2.11. The normalized spacial score (nSPS) is 10.7. The van der Waals surface area contributed by atoms with Crippen molar-refractivity contribution in [1.29, 1.82) is 0 Å². The molecule has 0 unspecified atom stereocenters. The van der Waals surface area contributed by atoms with Crippen molar-refractivity contribution in [2.45, 2.75) is 6.92 Å². The molecule has 3 aromatic carbocycles. The fraction of sp³-hybridized carbons (Fsp3) is 0.0800. The number of nitrogens with zero attached hydrogens (tertiary/aromatic N) is 1. The zero-order valence-corrected chi connectivity index (χ0v) is 19.4. The van der Waals surface area contributed by atoms with E-state index >= 15 is 0 Å². The van der Waals surface area contributed by atoms with Gasteiger partial charge in [-0.15, -0.1) is 0 Å². The van der Waals surface area contributed by atoms with Crippen molar-refractivity contribution in [3.05, 3.63) is 93.4 Å². The minimum atomic E-state index is -0.597. The molecule has 32 heavy (non-hydrogen) atoms. The highest BCUT2D eigenvalue weighted by atomic mass is 79.9. The van der Waals surface area contributed by atoms with Crippen molar-refractivity contribution in [2.75, 3.05) is 11.9 Å². The quantitative estimate of drug-likeness (QED) is 0.315. The van der Waals surface area contributed by atoms with Crippen molar-refractivity contribution in [3.8, 4) is 11.3 Å². The van der Waals surface area contributed by atoms with E-state index in [4.69, 9.17) is 16.3 Å². The molecule has 0 aliphatic carbocycles. The Labute approximate surface area is 198 Å². The van der Waals surface area contributed by atoms with Gasteiger partial charge in [0.05, 0.1) is 16.8 Å². The Bertz CT molecular complexity index is 1320. The molecular weight excluding hydrogens is 492 g/mol. The predicted octanol–water partition coefficient (Wildman–Crippen LogP) is 6.42. The van der Waals surface area contributed by atoms with Crippen LogP contribution in [-0.4, -0.2) is 23.5 Å². The van der Waals surface area contributed by atoms with Gasteiger partial charge in [0.2, 0.25) is 0 Å². The molecule has 0 aliphatic heterocycles. The molecule has 0 saturated carbocycles. The number of aryl methyl sites for hydroxylation is 1. The third kappa shape index (κ3) is 4.98. The Balaban J connectivity index is 1.56. The summed E-state index contributed by atoms with van der Waals surface area (Å²) < 4.78 is 6.28. The minimum absolute atomic E-state index is 0.347. The molecule has 1 aromatic heterocycles. The van der Waals surface area contributed by atoms with Crippen LogP contribution in [-0.2, 0) is 9.53 Å². The number of anilines is 1. The van der Waals surface area contributed by atoms with Crippen LogP contribution in [0.2, 0.25) is 5.02 Å². The molecule has 0 bridgehead atoms. The maximum absolute atomic E-state index is 12.9. The monoisotopic (exact) mass is 508 g/mol. The van der Waals surface area contributed by atoms with Gasteiger partial charge < -0.3 is 10.1 Å². The van der Waals surface area contributed by atoms with Gasteiger partial charge >= 0.3 is 5.97 Å². The Morgan fingerprint density at radius 1 is 1.03 bits per heavy atom. The molecule has 5 nitrogen and oxygen atoms in total. The number of carbonyl (C=O) groups excluding carboxylic acids is 2. The molecule has 4 rings (SSSR count). The Morgan fingerprint density at radius 2 is 1.78 bits per heavy atom. The van der Waals surface area contributed by atoms with Crippen LogP contribution in [0.4, 0.5) is 5.69 Å². The summed E-state index contributed by atoms with van der Waals surface area (Å²) in [6.45, 7) is 1.43. The van der Waals surface area contributed by atoms with Crippen LogP contribution in [0, 0.1) is 6.92 Å². The van der Waals surface area contributed by atoms with Gasteiger partial charge in [0.25, 0.3) is 5.91 Å². The summed E-state index contributed by atoms with van der Waals surface area (Å²) in [5.41, 5.74) is 3.95. The molecule has 0 aliphatic rings. The predicted molar refractivity (Wildman–Crippen MR) is 130 cm³/mol. The molecule has 1 N–H and O–H groups in total. The fourth-order valence-corrected chi connectivity index (χ4v) is 3.67. The average molecular weight is 510 g/mol. The molecule has 1 heterocycles. The maximum Gasteiger partial charge on any atom is 0.339 e. The SMILES string of the molecule is Cc1ccc(Cl)cc1NC(=O)COC(=O)c1cc(-c2ccc(Br)cc2)nc2ccccc12. The summed E-state index contributed by atoms with van der Waals surface area (Å²) >= 11 is 9.41. The van der Waals surface area contributed by atoms with E-state index in [2.05, 4.69) is 26.2 Å². The second-order valence-corrected chi connectivity index (χ2v) is 8.51. The molecule has 0 atom stereocenters. The summed E-state index contributed by atoms with van der Waals surface area (Å²) in [5.74, 6) is -1.05. The van der Waals surface area contributed by atoms with Crippen LogP contribution in [0.3, 0.4) is 0 Å². The van der Waals surface area contributed by atoms with Crippen LogP contribution < -0.4 is 5.32 Å². The van der Waals surface area contributed by atoms with Crippen LogP contribution in [0.25, 0.3) is 22.2 Å². The molecule has 7 heteroatoms. The smallest absolute Gasteiger partial charge is 0.339 e. The van der Waals surface area contributed by atoms with Gasteiger partial charge in [-0.2, -0.15) is 0 Å². The highest BCUT2D eigenvalue weighted by Gasteiger charge is 2.17. The summed E-state index contributed by atoms with van der Waals surface area (Å²) in [7, 11) is 0. The zero-order chi connectivity index (χ0) is 22.7. The first-order valence-corrected chi connectivity index (χ1v) is 11.0. The average Bonchev–Trinajstić information content (AvgIpc) is 2.79. The van der Waals surface area contributed by atoms with E-state index in [9.17, 15) is 9.59 Å². The third-order valence-electron chi connectivity index (χ3n) is 4.88. The molecule has 4 aromatic rings. The van der Waals surface area contributed by atoms with Crippen LogP contribution >= 0.6 is 27.5 Å². The number of amides is 1. The third-order valence-corrected chi connectivity index (χ3v) is 5.65.